The van der Waals surface area contributed by atoms with Crippen molar-refractivity contribution in [3.63, 3.8) is 0 Å². The van der Waals surface area contributed by atoms with Gasteiger partial charge < -0.3 is 10.2 Å². The Balaban J connectivity index is 1.42. The highest BCUT2D eigenvalue weighted by Crippen LogP contribution is 2.36. The predicted molar refractivity (Wildman–Crippen MR) is 114 cm³/mol. The third-order valence-electron chi connectivity index (χ3n) is 5.46. The van der Waals surface area contributed by atoms with Crippen LogP contribution < -0.4 is 10.2 Å². The van der Waals surface area contributed by atoms with Gasteiger partial charge in [-0.2, -0.15) is 0 Å². The van der Waals surface area contributed by atoms with Gasteiger partial charge in [-0.3, -0.25) is 9.69 Å². The number of allylic oxidation sites excluding steroid dienone is 1. The van der Waals surface area contributed by atoms with Crippen molar-refractivity contribution >= 4 is 23.1 Å². The summed E-state index contributed by atoms with van der Waals surface area (Å²) in [6.45, 7) is 4.36. The first-order chi connectivity index (χ1) is 13.8. The molecule has 0 aliphatic carbocycles. The smallest absolute Gasteiger partial charge is 0.257 e. The summed E-state index contributed by atoms with van der Waals surface area (Å²) in [5.74, 6) is 0.742. The SMILES string of the molecule is O=C1Nc2cccnc2N(CCC/C=C\CN2CCCCC2)c2ccccc21. The number of nitrogens with zero attached hydrogens (tertiary/aromatic N) is 3. The zero-order valence-corrected chi connectivity index (χ0v) is 16.3. The molecular weight excluding hydrogens is 348 g/mol. The number of likely N-dealkylation sites (tertiary alicyclic amines) is 1. The number of para-hydroxylation sites is 1. The Morgan fingerprint density at radius 3 is 2.79 bits per heavy atom. The minimum Gasteiger partial charge on any atom is -0.324 e. The average molecular weight is 377 g/mol. The molecule has 2 aliphatic rings. The first-order valence-electron chi connectivity index (χ1n) is 10.3. The first kappa shape index (κ1) is 18.7. The number of carbonyl (C=O) groups excluding carboxylic acids is 1. The van der Waals surface area contributed by atoms with Crippen molar-refractivity contribution in [2.45, 2.75) is 32.1 Å². The molecule has 5 heteroatoms. The maximum atomic E-state index is 12.6. The third-order valence-corrected chi connectivity index (χ3v) is 5.46. The molecule has 4 rings (SSSR count). The molecule has 2 aromatic rings. The number of rotatable bonds is 6. The lowest BCUT2D eigenvalue weighted by Gasteiger charge is -2.25. The summed E-state index contributed by atoms with van der Waals surface area (Å²) in [6.07, 6.45) is 12.5. The van der Waals surface area contributed by atoms with Crippen LogP contribution in [0.2, 0.25) is 0 Å². The van der Waals surface area contributed by atoms with E-state index in [1.165, 1.54) is 32.4 Å². The van der Waals surface area contributed by atoms with Gasteiger partial charge in [0.05, 0.1) is 16.9 Å². The van der Waals surface area contributed by atoms with E-state index in [1.54, 1.807) is 6.20 Å². The van der Waals surface area contributed by atoms with Crippen LogP contribution in [0.25, 0.3) is 0 Å². The number of unbranched alkanes of at least 4 members (excludes halogenated alkanes) is 1. The molecule has 0 bridgehead atoms. The zero-order chi connectivity index (χ0) is 19.2. The van der Waals surface area contributed by atoms with Gasteiger partial charge in [0.25, 0.3) is 5.91 Å². The van der Waals surface area contributed by atoms with Crippen LogP contribution in [0.15, 0.2) is 54.7 Å². The van der Waals surface area contributed by atoms with Gasteiger partial charge in [0.15, 0.2) is 5.82 Å². The van der Waals surface area contributed by atoms with E-state index in [1.807, 2.05) is 36.4 Å². The summed E-state index contributed by atoms with van der Waals surface area (Å²) >= 11 is 0. The van der Waals surface area contributed by atoms with Gasteiger partial charge in [-0.1, -0.05) is 30.7 Å². The van der Waals surface area contributed by atoms with Gasteiger partial charge in [-0.15, -0.1) is 0 Å². The van der Waals surface area contributed by atoms with E-state index in [0.717, 1.165) is 43.1 Å². The maximum absolute atomic E-state index is 12.6. The van der Waals surface area contributed by atoms with Crippen molar-refractivity contribution in [1.82, 2.24) is 9.88 Å². The average Bonchev–Trinajstić information content (AvgIpc) is 2.86. The van der Waals surface area contributed by atoms with Crippen LogP contribution in [0, 0.1) is 0 Å². The monoisotopic (exact) mass is 376 g/mol. The van der Waals surface area contributed by atoms with Crippen LogP contribution in [-0.4, -0.2) is 42.0 Å². The summed E-state index contributed by atoms with van der Waals surface area (Å²) in [5.41, 5.74) is 2.39. The van der Waals surface area contributed by atoms with Gasteiger partial charge in [0.2, 0.25) is 0 Å². The van der Waals surface area contributed by atoms with Crippen LogP contribution in [0.4, 0.5) is 17.2 Å². The molecule has 0 saturated carbocycles. The Hall–Kier alpha value is -2.66. The second kappa shape index (κ2) is 9.02. The second-order valence-corrected chi connectivity index (χ2v) is 7.47. The van der Waals surface area contributed by atoms with Crippen LogP contribution >= 0.6 is 0 Å². The fourth-order valence-electron chi connectivity index (χ4n) is 3.99. The summed E-state index contributed by atoms with van der Waals surface area (Å²) in [4.78, 5) is 21.9. The van der Waals surface area contributed by atoms with E-state index in [0.29, 0.717) is 5.56 Å². The van der Waals surface area contributed by atoms with Crippen molar-refractivity contribution in [3.8, 4) is 0 Å². The van der Waals surface area contributed by atoms with Crippen LogP contribution in [0.1, 0.15) is 42.5 Å². The van der Waals surface area contributed by atoms with Crippen molar-refractivity contribution in [3.05, 3.63) is 60.3 Å². The first-order valence-corrected chi connectivity index (χ1v) is 10.3. The normalized spacial score (nSPS) is 17.1. The summed E-state index contributed by atoms with van der Waals surface area (Å²) in [5, 5.41) is 2.99. The lowest BCUT2D eigenvalue weighted by Crippen LogP contribution is -2.29. The topological polar surface area (TPSA) is 48.5 Å². The van der Waals surface area contributed by atoms with Gasteiger partial charge in [-0.25, -0.2) is 4.98 Å². The van der Waals surface area contributed by atoms with Gasteiger partial charge >= 0.3 is 0 Å². The van der Waals surface area contributed by atoms with E-state index in [-0.39, 0.29) is 5.91 Å². The molecule has 1 saturated heterocycles. The zero-order valence-electron chi connectivity index (χ0n) is 16.3. The molecule has 0 atom stereocenters. The molecule has 2 aliphatic heterocycles. The van der Waals surface area contributed by atoms with E-state index < -0.39 is 0 Å². The van der Waals surface area contributed by atoms with Gasteiger partial charge in [-0.05, 0) is 63.0 Å². The lowest BCUT2D eigenvalue weighted by atomic mass is 10.1. The van der Waals surface area contributed by atoms with Crippen LogP contribution in [0.5, 0.6) is 0 Å². The van der Waals surface area contributed by atoms with Gasteiger partial charge in [0, 0.05) is 19.3 Å². The number of piperidine rings is 1. The summed E-state index contributed by atoms with van der Waals surface area (Å²) in [7, 11) is 0. The Labute approximate surface area is 167 Å². The van der Waals surface area contributed by atoms with E-state index in [2.05, 4.69) is 32.3 Å². The number of hydrogen-bond donors (Lipinski definition) is 1. The molecule has 1 amide bonds. The molecule has 1 fully saturated rings. The molecule has 28 heavy (non-hydrogen) atoms. The lowest BCUT2D eigenvalue weighted by molar-refractivity contribution is 0.102. The predicted octanol–water partition coefficient (Wildman–Crippen LogP) is 4.61. The maximum Gasteiger partial charge on any atom is 0.257 e. The number of benzene rings is 1. The summed E-state index contributed by atoms with van der Waals surface area (Å²) in [6, 6.07) is 11.5. The molecule has 0 radical (unpaired) electrons. The molecule has 3 heterocycles. The molecule has 0 unspecified atom stereocenters. The Morgan fingerprint density at radius 1 is 1.04 bits per heavy atom. The van der Waals surface area contributed by atoms with Crippen molar-refractivity contribution in [1.29, 1.82) is 0 Å². The van der Waals surface area contributed by atoms with Crippen LogP contribution in [-0.2, 0) is 0 Å². The number of aromatic nitrogens is 1. The number of fused-ring (bicyclic) bond motifs is 2. The number of pyridine rings is 1. The van der Waals surface area contributed by atoms with E-state index >= 15 is 0 Å². The molecular formula is C23H28N4O. The largest absolute Gasteiger partial charge is 0.324 e. The molecule has 5 nitrogen and oxygen atoms in total. The molecule has 0 spiro atoms. The fraction of sp³-hybridized carbons (Fsp3) is 0.391. The third kappa shape index (κ3) is 4.25. The van der Waals surface area contributed by atoms with Crippen molar-refractivity contribution < 1.29 is 4.79 Å². The molecule has 1 aromatic heterocycles. The Kier molecular flexibility index (Phi) is 6.02. The number of hydrogen-bond acceptors (Lipinski definition) is 4. The molecule has 1 N–H and O–H groups in total. The highest BCUT2D eigenvalue weighted by molar-refractivity contribution is 6.11. The molecule has 1 aromatic carbocycles. The highest BCUT2D eigenvalue weighted by Gasteiger charge is 2.25. The number of carbonyl (C=O) groups is 1. The van der Waals surface area contributed by atoms with Gasteiger partial charge in [0.1, 0.15) is 0 Å². The Bertz CT molecular complexity index is 842. The van der Waals surface area contributed by atoms with E-state index in [4.69, 9.17) is 0 Å². The highest BCUT2D eigenvalue weighted by atomic mass is 16.1. The summed E-state index contributed by atoms with van der Waals surface area (Å²) < 4.78 is 0. The minimum atomic E-state index is -0.0752. The second-order valence-electron chi connectivity index (χ2n) is 7.47. The fourth-order valence-corrected chi connectivity index (χ4v) is 3.99. The minimum absolute atomic E-state index is 0.0752. The molecule has 146 valence electrons. The number of anilines is 3. The standard InChI is InChI=1S/C23H28N4O/c28-23-19-11-4-5-13-21(19)27(22-20(25-23)12-10-14-24-22)18-9-2-1-6-15-26-16-7-3-8-17-26/h1,4-6,10-14H,2-3,7-9,15-18H2,(H,25,28)/b6-1-. The van der Waals surface area contributed by atoms with Crippen molar-refractivity contribution in [2.24, 2.45) is 0 Å². The quantitative estimate of drug-likeness (QED) is 0.591. The van der Waals surface area contributed by atoms with Crippen molar-refractivity contribution in [2.75, 3.05) is 36.4 Å². The number of nitrogens with one attached hydrogen (secondary N) is 1. The van der Waals surface area contributed by atoms with E-state index in [9.17, 15) is 4.79 Å². The number of amides is 1. The Morgan fingerprint density at radius 2 is 1.89 bits per heavy atom. The van der Waals surface area contributed by atoms with Crippen LogP contribution in [0.3, 0.4) is 0 Å².